The van der Waals surface area contributed by atoms with Crippen LogP contribution in [0.3, 0.4) is 0 Å². The molecule has 2 rings (SSSR count). The lowest BCUT2D eigenvalue weighted by Gasteiger charge is -2.12. The molecule has 0 fully saturated rings. The molecular weight excluding hydrogens is 299 g/mol. The summed E-state index contributed by atoms with van der Waals surface area (Å²) in [6.45, 7) is 0. The second-order valence-corrected chi connectivity index (χ2v) is 4.77. The Morgan fingerprint density at radius 1 is 1.27 bits per heavy atom. The molecule has 1 aromatic heterocycles. The van der Waals surface area contributed by atoms with Gasteiger partial charge in [-0.15, -0.1) is 0 Å². The Bertz CT molecular complexity index is 626. The fraction of sp³-hybridized carbons (Fsp3) is 0.357. The van der Waals surface area contributed by atoms with E-state index in [4.69, 9.17) is 5.73 Å². The van der Waals surface area contributed by atoms with Crippen LogP contribution in [0.25, 0.3) is 0 Å². The number of hydrogen-bond acceptors (Lipinski definition) is 4. The van der Waals surface area contributed by atoms with E-state index < -0.39 is 23.9 Å². The van der Waals surface area contributed by atoms with Crippen LogP contribution < -0.4 is 5.73 Å². The minimum absolute atomic E-state index is 0.0383. The van der Waals surface area contributed by atoms with E-state index in [0.717, 1.165) is 5.56 Å². The van der Waals surface area contributed by atoms with Crippen LogP contribution in [0, 0.1) is 0 Å². The van der Waals surface area contributed by atoms with E-state index in [1.807, 2.05) is 6.07 Å². The summed E-state index contributed by atoms with van der Waals surface area (Å²) in [6.07, 6.45) is -3.66. The van der Waals surface area contributed by atoms with Crippen LogP contribution in [0.2, 0.25) is 0 Å². The molecule has 5 nitrogen and oxygen atoms in total. The molecule has 0 saturated heterocycles. The van der Waals surface area contributed by atoms with Crippen molar-refractivity contribution in [1.29, 1.82) is 0 Å². The molecule has 0 saturated carbocycles. The third kappa shape index (κ3) is 4.06. The molecule has 118 valence electrons. The Kier molecular flexibility index (Phi) is 4.79. The molecule has 0 spiro atoms. The fourth-order valence-electron chi connectivity index (χ4n) is 2.09. The number of aryl methyl sites for hydroxylation is 1. The summed E-state index contributed by atoms with van der Waals surface area (Å²) in [5, 5.41) is 3.27. The number of primary amides is 1. The normalized spacial score (nSPS) is 13.0. The molecule has 0 aliphatic rings. The van der Waals surface area contributed by atoms with Crippen LogP contribution in [-0.4, -0.2) is 16.0 Å². The number of alkyl halides is 3. The lowest BCUT2D eigenvalue weighted by atomic mass is 9.93. The van der Waals surface area contributed by atoms with Gasteiger partial charge in [-0.3, -0.25) is 4.79 Å². The first-order chi connectivity index (χ1) is 10.4. The standard InChI is InChI=1S/C14H14F3N3O2/c15-14(16,17)13-19-11(20-22-13)8-4-7-10(12(18)21)9-5-2-1-3-6-9/h1-3,5-6,10H,4,7-8H2,(H2,18,21). The van der Waals surface area contributed by atoms with E-state index >= 15 is 0 Å². The largest absolute Gasteiger partial charge is 0.471 e. The third-order valence-corrected chi connectivity index (χ3v) is 3.15. The number of halogens is 3. The second kappa shape index (κ2) is 6.59. The average Bonchev–Trinajstić information content (AvgIpc) is 2.93. The SMILES string of the molecule is NC(=O)C(CCCc1noc(C(F)(F)F)n1)c1ccccc1. The highest BCUT2D eigenvalue weighted by atomic mass is 19.4. The van der Waals surface area contributed by atoms with Gasteiger partial charge in [0.2, 0.25) is 5.91 Å². The lowest BCUT2D eigenvalue weighted by Crippen LogP contribution is -2.21. The first-order valence-corrected chi connectivity index (χ1v) is 6.62. The van der Waals surface area contributed by atoms with Gasteiger partial charge in [-0.1, -0.05) is 35.5 Å². The zero-order valence-electron chi connectivity index (χ0n) is 11.5. The summed E-state index contributed by atoms with van der Waals surface area (Å²) in [5.41, 5.74) is 6.15. The van der Waals surface area contributed by atoms with Crippen molar-refractivity contribution in [3.63, 3.8) is 0 Å². The van der Waals surface area contributed by atoms with Gasteiger partial charge in [0.15, 0.2) is 5.82 Å². The Labute approximate surface area is 124 Å². The van der Waals surface area contributed by atoms with Crippen LogP contribution in [0.4, 0.5) is 13.2 Å². The topological polar surface area (TPSA) is 82.0 Å². The van der Waals surface area contributed by atoms with E-state index in [0.29, 0.717) is 12.8 Å². The highest BCUT2D eigenvalue weighted by Crippen LogP contribution is 2.28. The molecule has 0 radical (unpaired) electrons. The number of nitrogens with zero attached hydrogens (tertiary/aromatic N) is 2. The van der Waals surface area contributed by atoms with Crippen LogP contribution in [0.15, 0.2) is 34.9 Å². The lowest BCUT2D eigenvalue weighted by molar-refractivity contribution is -0.159. The Morgan fingerprint density at radius 2 is 1.95 bits per heavy atom. The maximum atomic E-state index is 12.3. The number of carbonyl (C=O) groups excluding carboxylic acids is 1. The summed E-state index contributed by atoms with van der Waals surface area (Å²) < 4.78 is 41.1. The minimum Gasteiger partial charge on any atom is -0.369 e. The van der Waals surface area contributed by atoms with E-state index in [1.54, 1.807) is 24.3 Å². The smallest absolute Gasteiger partial charge is 0.369 e. The van der Waals surface area contributed by atoms with E-state index in [1.165, 1.54) is 0 Å². The molecule has 1 unspecified atom stereocenters. The van der Waals surface area contributed by atoms with Crippen molar-refractivity contribution >= 4 is 5.91 Å². The number of aromatic nitrogens is 2. The second-order valence-electron chi connectivity index (χ2n) is 4.77. The van der Waals surface area contributed by atoms with Crippen LogP contribution in [-0.2, 0) is 17.4 Å². The number of carbonyl (C=O) groups is 1. The number of amides is 1. The van der Waals surface area contributed by atoms with Gasteiger partial charge in [-0.2, -0.15) is 18.2 Å². The van der Waals surface area contributed by atoms with Crippen molar-refractivity contribution < 1.29 is 22.5 Å². The first-order valence-electron chi connectivity index (χ1n) is 6.62. The van der Waals surface area contributed by atoms with E-state index in [2.05, 4.69) is 14.7 Å². The molecule has 2 aromatic rings. The zero-order valence-corrected chi connectivity index (χ0v) is 11.5. The molecule has 1 amide bonds. The first kappa shape index (κ1) is 16.0. The highest BCUT2D eigenvalue weighted by molar-refractivity contribution is 5.81. The monoisotopic (exact) mass is 313 g/mol. The minimum atomic E-state index is -4.65. The van der Waals surface area contributed by atoms with Gasteiger partial charge in [0.25, 0.3) is 0 Å². The van der Waals surface area contributed by atoms with Gasteiger partial charge >= 0.3 is 12.1 Å². The molecule has 0 bridgehead atoms. The van der Waals surface area contributed by atoms with Gasteiger partial charge in [-0.05, 0) is 18.4 Å². The van der Waals surface area contributed by atoms with Crippen molar-refractivity contribution in [2.45, 2.75) is 31.4 Å². The Morgan fingerprint density at radius 3 is 2.50 bits per heavy atom. The molecule has 8 heteroatoms. The van der Waals surface area contributed by atoms with Crippen molar-refractivity contribution in [3.05, 3.63) is 47.6 Å². The van der Waals surface area contributed by atoms with Crippen LogP contribution in [0.1, 0.15) is 36.0 Å². The zero-order chi connectivity index (χ0) is 16.2. The summed E-state index contributed by atoms with van der Waals surface area (Å²) in [7, 11) is 0. The molecule has 0 aliphatic heterocycles. The van der Waals surface area contributed by atoms with Gasteiger partial charge in [0, 0.05) is 6.42 Å². The molecule has 1 atom stereocenters. The van der Waals surface area contributed by atoms with Crippen LogP contribution in [0.5, 0.6) is 0 Å². The fourth-order valence-corrected chi connectivity index (χ4v) is 2.09. The van der Waals surface area contributed by atoms with Crippen molar-refractivity contribution in [3.8, 4) is 0 Å². The predicted octanol–water partition coefficient (Wildman–Crippen LogP) is 2.68. The van der Waals surface area contributed by atoms with Gasteiger partial charge in [0.05, 0.1) is 5.92 Å². The van der Waals surface area contributed by atoms with Gasteiger partial charge in [0.1, 0.15) is 0 Å². The van der Waals surface area contributed by atoms with Crippen molar-refractivity contribution in [2.75, 3.05) is 0 Å². The quantitative estimate of drug-likeness (QED) is 0.889. The molecule has 1 aromatic carbocycles. The van der Waals surface area contributed by atoms with Gasteiger partial charge < -0.3 is 10.3 Å². The maximum absolute atomic E-state index is 12.3. The highest BCUT2D eigenvalue weighted by Gasteiger charge is 2.38. The molecule has 1 heterocycles. The van der Waals surface area contributed by atoms with E-state index in [9.17, 15) is 18.0 Å². The molecule has 2 N–H and O–H groups in total. The molecular formula is C14H14F3N3O2. The maximum Gasteiger partial charge on any atom is 0.471 e. The number of rotatable bonds is 6. The average molecular weight is 313 g/mol. The molecule has 22 heavy (non-hydrogen) atoms. The molecule has 0 aliphatic carbocycles. The summed E-state index contributed by atoms with van der Waals surface area (Å²) >= 11 is 0. The van der Waals surface area contributed by atoms with Crippen molar-refractivity contribution in [1.82, 2.24) is 10.1 Å². The number of hydrogen-bond donors (Lipinski definition) is 1. The summed E-state index contributed by atoms with van der Waals surface area (Å²) in [6, 6.07) is 8.97. The number of nitrogens with two attached hydrogens (primary N) is 1. The summed E-state index contributed by atoms with van der Waals surface area (Å²) in [5.74, 6) is -2.37. The van der Waals surface area contributed by atoms with Crippen LogP contribution >= 0.6 is 0 Å². The van der Waals surface area contributed by atoms with Gasteiger partial charge in [-0.25, -0.2) is 0 Å². The summed E-state index contributed by atoms with van der Waals surface area (Å²) in [4.78, 5) is 14.8. The Balaban J connectivity index is 1.94. The number of benzene rings is 1. The van der Waals surface area contributed by atoms with Crippen molar-refractivity contribution in [2.24, 2.45) is 5.73 Å². The predicted molar refractivity (Wildman–Crippen MR) is 70.6 cm³/mol. The third-order valence-electron chi connectivity index (χ3n) is 3.15. The van der Waals surface area contributed by atoms with E-state index in [-0.39, 0.29) is 12.2 Å². The Hall–Kier alpha value is -2.38.